The molecule has 0 aliphatic rings. The van der Waals surface area contributed by atoms with Gasteiger partial charge in [0.05, 0.1) is 25.7 Å². The SMILES string of the molecule is CCOc1ccc(-n2c(SCC(=O)N/N=C\c3ccc(OC(C)=O)c(OC)c3)nnc2-c2ccc(Cl)cc2)cc1. The normalized spacial score (nSPS) is 10.9. The molecule has 0 radical (unpaired) electrons. The lowest BCUT2D eigenvalue weighted by Gasteiger charge is -2.11. The Bertz CT molecular complexity index is 1510. The molecule has 3 aromatic carbocycles. The average Bonchev–Trinajstić information content (AvgIpc) is 3.37. The van der Waals surface area contributed by atoms with Gasteiger partial charge in [-0.05, 0) is 79.2 Å². The van der Waals surface area contributed by atoms with Crippen molar-refractivity contribution in [2.24, 2.45) is 5.10 Å². The molecule has 12 heteroatoms. The summed E-state index contributed by atoms with van der Waals surface area (Å²) in [4.78, 5) is 23.8. The lowest BCUT2D eigenvalue weighted by atomic mass is 10.2. The molecule has 1 heterocycles. The molecule has 0 saturated carbocycles. The summed E-state index contributed by atoms with van der Waals surface area (Å²) in [6.07, 6.45) is 1.46. The Balaban J connectivity index is 1.47. The monoisotopic (exact) mass is 579 g/mol. The fourth-order valence-corrected chi connectivity index (χ4v) is 4.46. The van der Waals surface area contributed by atoms with Crippen LogP contribution in [0.5, 0.6) is 17.2 Å². The van der Waals surface area contributed by atoms with E-state index in [0.29, 0.717) is 39.7 Å². The summed E-state index contributed by atoms with van der Waals surface area (Å²) in [5.41, 5.74) is 4.78. The largest absolute Gasteiger partial charge is 0.494 e. The van der Waals surface area contributed by atoms with Crippen LogP contribution in [-0.4, -0.2) is 52.3 Å². The average molecular weight is 580 g/mol. The molecule has 0 unspecified atom stereocenters. The Hall–Kier alpha value is -4.35. The molecule has 0 fully saturated rings. The van der Waals surface area contributed by atoms with Crippen LogP contribution in [0, 0.1) is 0 Å². The smallest absolute Gasteiger partial charge is 0.308 e. The maximum atomic E-state index is 12.6. The molecular formula is C28H26ClN5O5S. The van der Waals surface area contributed by atoms with E-state index in [-0.39, 0.29) is 11.7 Å². The number of benzene rings is 3. The van der Waals surface area contributed by atoms with E-state index < -0.39 is 5.97 Å². The molecule has 206 valence electrons. The van der Waals surface area contributed by atoms with Crippen molar-refractivity contribution in [2.45, 2.75) is 19.0 Å². The van der Waals surface area contributed by atoms with Gasteiger partial charge in [0.2, 0.25) is 0 Å². The zero-order valence-corrected chi connectivity index (χ0v) is 23.5. The maximum Gasteiger partial charge on any atom is 0.308 e. The number of halogens is 1. The molecule has 1 aromatic heterocycles. The fraction of sp³-hybridized carbons (Fsp3) is 0.179. The minimum Gasteiger partial charge on any atom is -0.494 e. The van der Waals surface area contributed by atoms with Crippen molar-refractivity contribution in [1.29, 1.82) is 0 Å². The van der Waals surface area contributed by atoms with Gasteiger partial charge in [0.1, 0.15) is 5.75 Å². The molecule has 0 saturated heterocycles. The van der Waals surface area contributed by atoms with Crippen LogP contribution in [0.1, 0.15) is 19.4 Å². The van der Waals surface area contributed by atoms with E-state index in [2.05, 4.69) is 20.7 Å². The zero-order valence-electron chi connectivity index (χ0n) is 22.0. The van der Waals surface area contributed by atoms with Crippen molar-refractivity contribution in [1.82, 2.24) is 20.2 Å². The molecular weight excluding hydrogens is 554 g/mol. The van der Waals surface area contributed by atoms with Crippen molar-refractivity contribution < 1.29 is 23.8 Å². The van der Waals surface area contributed by atoms with E-state index in [0.717, 1.165) is 17.0 Å². The zero-order chi connectivity index (χ0) is 28.5. The van der Waals surface area contributed by atoms with Gasteiger partial charge in [0, 0.05) is 23.2 Å². The molecule has 0 spiro atoms. The second kappa shape index (κ2) is 13.6. The highest BCUT2D eigenvalue weighted by Gasteiger charge is 2.17. The number of aromatic nitrogens is 3. The number of hydrazone groups is 1. The van der Waals surface area contributed by atoms with Crippen LogP contribution < -0.4 is 19.6 Å². The summed E-state index contributed by atoms with van der Waals surface area (Å²) in [6, 6.07) is 19.8. The number of hydrogen-bond acceptors (Lipinski definition) is 9. The van der Waals surface area contributed by atoms with Gasteiger partial charge in [-0.25, -0.2) is 5.43 Å². The van der Waals surface area contributed by atoms with Gasteiger partial charge in [-0.2, -0.15) is 5.10 Å². The van der Waals surface area contributed by atoms with Gasteiger partial charge in [-0.1, -0.05) is 23.4 Å². The summed E-state index contributed by atoms with van der Waals surface area (Å²) >= 11 is 7.29. The Morgan fingerprint density at radius 2 is 1.80 bits per heavy atom. The van der Waals surface area contributed by atoms with Gasteiger partial charge in [0.15, 0.2) is 22.5 Å². The first-order chi connectivity index (χ1) is 19.4. The summed E-state index contributed by atoms with van der Waals surface area (Å²) in [5.74, 6) is 1.27. The molecule has 0 atom stereocenters. The number of rotatable bonds is 11. The van der Waals surface area contributed by atoms with Crippen LogP contribution in [0.25, 0.3) is 17.1 Å². The topological polar surface area (TPSA) is 117 Å². The first-order valence-corrected chi connectivity index (χ1v) is 13.5. The number of thioether (sulfide) groups is 1. The Morgan fingerprint density at radius 1 is 1.05 bits per heavy atom. The van der Waals surface area contributed by atoms with Gasteiger partial charge in [0.25, 0.3) is 5.91 Å². The Labute approximate surface area is 240 Å². The third-order valence-corrected chi connectivity index (χ3v) is 6.50. The number of esters is 1. The van der Waals surface area contributed by atoms with Crippen LogP contribution in [-0.2, 0) is 9.59 Å². The lowest BCUT2D eigenvalue weighted by molar-refractivity contribution is -0.132. The van der Waals surface area contributed by atoms with Crippen LogP contribution >= 0.6 is 23.4 Å². The molecule has 0 bridgehead atoms. The predicted octanol–water partition coefficient (Wildman–Crippen LogP) is 5.16. The fourth-order valence-electron chi connectivity index (χ4n) is 3.59. The Kier molecular flexibility index (Phi) is 9.76. The standard InChI is InChI=1S/C28H26ClN5O5S/c1-4-38-23-12-10-22(11-13-23)34-27(20-6-8-21(29)9-7-20)32-33-28(34)40-17-26(36)31-30-16-19-5-14-24(39-18(2)35)25(15-19)37-3/h5-16H,4,17H2,1-3H3,(H,31,36)/b30-16-. The molecule has 40 heavy (non-hydrogen) atoms. The summed E-state index contributed by atoms with van der Waals surface area (Å²) in [5, 5.41) is 13.9. The van der Waals surface area contributed by atoms with E-state index in [4.69, 9.17) is 25.8 Å². The third kappa shape index (κ3) is 7.39. The van der Waals surface area contributed by atoms with Crippen LogP contribution in [0.15, 0.2) is 77.0 Å². The quantitative estimate of drug-likeness (QED) is 0.0851. The van der Waals surface area contributed by atoms with Crippen LogP contribution in [0.3, 0.4) is 0 Å². The molecule has 0 aliphatic heterocycles. The van der Waals surface area contributed by atoms with Crippen molar-refractivity contribution in [3.05, 3.63) is 77.3 Å². The van der Waals surface area contributed by atoms with Crippen molar-refractivity contribution >= 4 is 41.5 Å². The molecule has 4 aromatic rings. The third-order valence-electron chi connectivity index (χ3n) is 5.32. The molecule has 1 N–H and O–H groups in total. The van der Waals surface area contributed by atoms with E-state index in [9.17, 15) is 9.59 Å². The number of methoxy groups -OCH3 is 1. The molecule has 1 amide bonds. The number of nitrogens with zero attached hydrogens (tertiary/aromatic N) is 4. The predicted molar refractivity (Wildman–Crippen MR) is 154 cm³/mol. The van der Waals surface area contributed by atoms with E-state index in [1.54, 1.807) is 30.3 Å². The van der Waals surface area contributed by atoms with Gasteiger partial charge in [-0.15, -0.1) is 10.2 Å². The van der Waals surface area contributed by atoms with Gasteiger partial charge >= 0.3 is 5.97 Å². The second-order valence-corrected chi connectivity index (χ2v) is 9.54. The lowest BCUT2D eigenvalue weighted by Crippen LogP contribution is -2.20. The maximum absolute atomic E-state index is 12.6. The number of ether oxygens (including phenoxy) is 3. The number of nitrogens with one attached hydrogen (secondary N) is 1. The van der Waals surface area contributed by atoms with Crippen molar-refractivity contribution in [2.75, 3.05) is 19.5 Å². The summed E-state index contributed by atoms with van der Waals surface area (Å²) in [6.45, 7) is 3.80. The summed E-state index contributed by atoms with van der Waals surface area (Å²) in [7, 11) is 1.46. The van der Waals surface area contributed by atoms with E-state index >= 15 is 0 Å². The molecule has 4 rings (SSSR count). The number of carbonyl (C=O) groups excluding carboxylic acids is 2. The minimum absolute atomic E-state index is 0.0435. The summed E-state index contributed by atoms with van der Waals surface area (Å²) < 4.78 is 17.8. The van der Waals surface area contributed by atoms with Gasteiger partial charge in [-0.3, -0.25) is 14.2 Å². The number of amides is 1. The van der Waals surface area contributed by atoms with Crippen LogP contribution in [0.2, 0.25) is 5.02 Å². The first-order valence-electron chi connectivity index (χ1n) is 12.1. The molecule has 10 nitrogen and oxygen atoms in total. The number of carbonyl (C=O) groups is 2. The Morgan fingerprint density at radius 3 is 2.48 bits per heavy atom. The van der Waals surface area contributed by atoms with E-state index in [1.165, 1.54) is 32.0 Å². The highest BCUT2D eigenvalue weighted by Crippen LogP contribution is 2.30. The highest BCUT2D eigenvalue weighted by molar-refractivity contribution is 7.99. The first kappa shape index (κ1) is 28.7. The van der Waals surface area contributed by atoms with E-state index in [1.807, 2.05) is 47.9 Å². The molecule has 0 aliphatic carbocycles. The van der Waals surface area contributed by atoms with Gasteiger partial charge < -0.3 is 14.2 Å². The highest BCUT2D eigenvalue weighted by atomic mass is 35.5. The van der Waals surface area contributed by atoms with Crippen molar-refractivity contribution in [3.63, 3.8) is 0 Å². The minimum atomic E-state index is -0.455. The second-order valence-electron chi connectivity index (χ2n) is 8.16. The van der Waals surface area contributed by atoms with Crippen molar-refractivity contribution in [3.8, 4) is 34.3 Å². The number of hydrogen-bond donors (Lipinski definition) is 1. The van der Waals surface area contributed by atoms with Crippen LogP contribution in [0.4, 0.5) is 0 Å².